The van der Waals surface area contributed by atoms with Crippen LogP contribution in [0.2, 0.25) is 0 Å². The molecule has 3 unspecified atom stereocenters. The maximum Gasteiger partial charge on any atom is 0.223 e. The number of rotatable bonds is 7. The summed E-state index contributed by atoms with van der Waals surface area (Å²) in [6.07, 6.45) is 3.01. The number of amides is 1. The summed E-state index contributed by atoms with van der Waals surface area (Å²) in [5.41, 5.74) is 3.20. The summed E-state index contributed by atoms with van der Waals surface area (Å²) in [5, 5.41) is 4.31. The van der Waals surface area contributed by atoms with Crippen LogP contribution in [0, 0.1) is 11.8 Å². The van der Waals surface area contributed by atoms with E-state index < -0.39 is 0 Å². The predicted octanol–water partition coefficient (Wildman–Crippen LogP) is 4.09. The SMILES string of the molecule is COc1cccc(C(CNC(=O)C2CC2C)c2c[nH]c3ccccc23)c1OC. The topological polar surface area (TPSA) is 63.3 Å². The van der Waals surface area contributed by atoms with Gasteiger partial charge in [0, 0.05) is 41.0 Å². The van der Waals surface area contributed by atoms with Crippen molar-refractivity contribution in [3.63, 3.8) is 0 Å². The Morgan fingerprint density at radius 1 is 1.14 bits per heavy atom. The molecule has 0 saturated heterocycles. The number of hydrogen-bond donors (Lipinski definition) is 2. The molecule has 146 valence electrons. The maximum absolute atomic E-state index is 12.5. The standard InChI is InChI=1S/C23H26N2O3/c1-14-11-17(14)23(26)25-13-19(16-8-6-10-21(27-2)22(16)28-3)18-12-24-20-9-5-4-7-15(18)20/h4-10,12,14,17,19,24H,11,13H2,1-3H3,(H,25,26). The van der Waals surface area contributed by atoms with Crippen molar-refractivity contribution in [2.75, 3.05) is 20.8 Å². The van der Waals surface area contributed by atoms with E-state index in [-0.39, 0.29) is 17.7 Å². The van der Waals surface area contributed by atoms with Gasteiger partial charge in [0.25, 0.3) is 0 Å². The number of ether oxygens (including phenoxy) is 2. The number of benzene rings is 2. The van der Waals surface area contributed by atoms with Crippen LogP contribution < -0.4 is 14.8 Å². The highest BCUT2D eigenvalue weighted by molar-refractivity contribution is 5.85. The minimum Gasteiger partial charge on any atom is -0.493 e. The highest BCUT2D eigenvalue weighted by Gasteiger charge is 2.39. The Kier molecular flexibility index (Phi) is 4.99. The molecule has 1 saturated carbocycles. The molecule has 0 aliphatic heterocycles. The Balaban J connectivity index is 1.74. The summed E-state index contributed by atoms with van der Waals surface area (Å²) in [6, 6.07) is 14.1. The van der Waals surface area contributed by atoms with Gasteiger partial charge in [-0.15, -0.1) is 0 Å². The Morgan fingerprint density at radius 2 is 1.93 bits per heavy atom. The monoisotopic (exact) mass is 378 g/mol. The first-order valence-electron chi connectivity index (χ1n) is 9.68. The summed E-state index contributed by atoms with van der Waals surface area (Å²) < 4.78 is 11.2. The van der Waals surface area contributed by atoms with Crippen molar-refractivity contribution in [1.82, 2.24) is 10.3 Å². The van der Waals surface area contributed by atoms with E-state index in [1.54, 1.807) is 14.2 Å². The van der Waals surface area contributed by atoms with E-state index in [2.05, 4.69) is 29.4 Å². The number of aromatic nitrogens is 1. The zero-order valence-corrected chi connectivity index (χ0v) is 16.5. The number of aromatic amines is 1. The van der Waals surface area contributed by atoms with E-state index in [9.17, 15) is 4.79 Å². The number of H-pyrrole nitrogens is 1. The van der Waals surface area contributed by atoms with Gasteiger partial charge in [-0.1, -0.05) is 37.3 Å². The highest BCUT2D eigenvalue weighted by Crippen LogP contribution is 2.41. The van der Waals surface area contributed by atoms with Gasteiger partial charge in [0.2, 0.25) is 5.91 Å². The number of fused-ring (bicyclic) bond motifs is 1. The fraction of sp³-hybridized carbons (Fsp3) is 0.348. The average Bonchev–Trinajstić information content (AvgIpc) is 3.31. The third kappa shape index (κ3) is 3.33. The van der Waals surface area contributed by atoms with Crippen molar-refractivity contribution >= 4 is 16.8 Å². The smallest absolute Gasteiger partial charge is 0.223 e. The van der Waals surface area contributed by atoms with Crippen molar-refractivity contribution in [2.45, 2.75) is 19.3 Å². The number of carbonyl (C=O) groups is 1. The molecule has 4 rings (SSSR count). The molecule has 1 fully saturated rings. The lowest BCUT2D eigenvalue weighted by Crippen LogP contribution is -2.30. The molecule has 3 atom stereocenters. The first-order valence-corrected chi connectivity index (χ1v) is 9.68. The lowest BCUT2D eigenvalue weighted by atomic mass is 9.89. The third-order valence-electron chi connectivity index (χ3n) is 5.73. The van der Waals surface area contributed by atoms with Crippen molar-refractivity contribution < 1.29 is 14.3 Å². The largest absolute Gasteiger partial charge is 0.493 e. The Hall–Kier alpha value is -2.95. The summed E-state index contributed by atoms with van der Waals surface area (Å²) >= 11 is 0. The van der Waals surface area contributed by atoms with Gasteiger partial charge in [-0.2, -0.15) is 0 Å². The lowest BCUT2D eigenvalue weighted by Gasteiger charge is -2.22. The van der Waals surface area contributed by atoms with Crippen LogP contribution in [-0.4, -0.2) is 31.7 Å². The number of para-hydroxylation sites is 2. The molecule has 1 aromatic heterocycles. The molecular formula is C23H26N2O3. The number of nitrogens with one attached hydrogen (secondary N) is 2. The molecule has 1 aliphatic carbocycles. The second kappa shape index (κ2) is 7.58. The molecular weight excluding hydrogens is 352 g/mol. The zero-order valence-electron chi connectivity index (χ0n) is 16.5. The number of methoxy groups -OCH3 is 2. The minimum absolute atomic E-state index is 0.0563. The lowest BCUT2D eigenvalue weighted by molar-refractivity contribution is -0.122. The van der Waals surface area contributed by atoms with Crippen LogP contribution in [0.4, 0.5) is 0 Å². The van der Waals surface area contributed by atoms with E-state index in [0.717, 1.165) is 28.5 Å². The van der Waals surface area contributed by atoms with Crippen LogP contribution in [0.25, 0.3) is 10.9 Å². The normalized spacial score (nSPS) is 19.2. The fourth-order valence-electron chi connectivity index (χ4n) is 3.98. The van der Waals surface area contributed by atoms with Crippen LogP contribution in [0.3, 0.4) is 0 Å². The molecule has 1 aliphatic rings. The minimum atomic E-state index is -0.0563. The van der Waals surface area contributed by atoms with Gasteiger partial charge in [0.15, 0.2) is 11.5 Å². The van der Waals surface area contributed by atoms with Crippen LogP contribution in [0.1, 0.15) is 30.4 Å². The quantitative estimate of drug-likeness (QED) is 0.651. The van der Waals surface area contributed by atoms with Crippen molar-refractivity contribution in [1.29, 1.82) is 0 Å². The third-order valence-corrected chi connectivity index (χ3v) is 5.73. The summed E-state index contributed by atoms with van der Waals surface area (Å²) in [7, 11) is 3.29. The van der Waals surface area contributed by atoms with E-state index in [4.69, 9.17) is 9.47 Å². The molecule has 0 bridgehead atoms. The van der Waals surface area contributed by atoms with E-state index in [1.807, 2.05) is 36.5 Å². The van der Waals surface area contributed by atoms with Gasteiger partial charge in [0.1, 0.15) is 0 Å². The molecule has 0 spiro atoms. The van der Waals surface area contributed by atoms with Gasteiger partial charge in [0.05, 0.1) is 14.2 Å². The first kappa shape index (κ1) is 18.4. The van der Waals surface area contributed by atoms with Gasteiger partial charge in [-0.25, -0.2) is 0 Å². The number of hydrogen-bond acceptors (Lipinski definition) is 3. The van der Waals surface area contributed by atoms with Crippen LogP contribution in [-0.2, 0) is 4.79 Å². The summed E-state index contributed by atoms with van der Waals surface area (Å²) in [6.45, 7) is 2.62. The molecule has 2 N–H and O–H groups in total. The van der Waals surface area contributed by atoms with Gasteiger partial charge in [-0.3, -0.25) is 4.79 Å². The summed E-state index contributed by atoms with van der Waals surface area (Å²) in [5.74, 6) is 2.11. The zero-order chi connectivity index (χ0) is 19.7. The second-order valence-electron chi connectivity index (χ2n) is 7.49. The Morgan fingerprint density at radius 3 is 2.64 bits per heavy atom. The van der Waals surface area contributed by atoms with Crippen LogP contribution in [0.15, 0.2) is 48.7 Å². The van der Waals surface area contributed by atoms with Crippen molar-refractivity contribution in [2.24, 2.45) is 11.8 Å². The Labute approximate surface area is 165 Å². The maximum atomic E-state index is 12.5. The molecule has 5 heteroatoms. The van der Waals surface area contributed by atoms with Gasteiger partial charge >= 0.3 is 0 Å². The molecule has 5 nitrogen and oxygen atoms in total. The fourth-order valence-corrected chi connectivity index (χ4v) is 3.98. The predicted molar refractivity (Wildman–Crippen MR) is 110 cm³/mol. The molecule has 1 amide bonds. The van der Waals surface area contributed by atoms with Gasteiger partial charge < -0.3 is 19.8 Å². The second-order valence-corrected chi connectivity index (χ2v) is 7.49. The van der Waals surface area contributed by atoms with Crippen molar-refractivity contribution in [3.8, 4) is 11.5 Å². The van der Waals surface area contributed by atoms with E-state index in [1.165, 1.54) is 0 Å². The van der Waals surface area contributed by atoms with E-state index in [0.29, 0.717) is 24.0 Å². The van der Waals surface area contributed by atoms with Crippen LogP contribution >= 0.6 is 0 Å². The molecule has 3 aromatic rings. The number of carbonyl (C=O) groups excluding carboxylic acids is 1. The Bertz CT molecular complexity index is 994. The average molecular weight is 378 g/mol. The summed E-state index contributed by atoms with van der Waals surface area (Å²) in [4.78, 5) is 15.8. The molecule has 0 radical (unpaired) electrons. The van der Waals surface area contributed by atoms with Crippen LogP contribution in [0.5, 0.6) is 11.5 Å². The molecule has 28 heavy (non-hydrogen) atoms. The molecule has 1 heterocycles. The molecule has 2 aromatic carbocycles. The highest BCUT2D eigenvalue weighted by atomic mass is 16.5. The first-order chi connectivity index (χ1) is 13.6. The van der Waals surface area contributed by atoms with Gasteiger partial charge in [-0.05, 0) is 30.0 Å². The van der Waals surface area contributed by atoms with E-state index >= 15 is 0 Å². The van der Waals surface area contributed by atoms with Crippen molar-refractivity contribution in [3.05, 3.63) is 59.8 Å².